The lowest BCUT2D eigenvalue weighted by Gasteiger charge is -2.44. The number of aliphatic hydroxyl groups is 1. The van der Waals surface area contributed by atoms with Crippen molar-refractivity contribution in [3.05, 3.63) is 0 Å². The molecule has 2 N–H and O–H groups in total. The first-order chi connectivity index (χ1) is 8.33. The van der Waals surface area contributed by atoms with E-state index < -0.39 is 0 Å². The van der Waals surface area contributed by atoms with Crippen LogP contribution >= 0.6 is 0 Å². The molecule has 4 heteroatoms. The van der Waals surface area contributed by atoms with Gasteiger partial charge in [0.15, 0.2) is 0 Å². The van der Waals surface area contributed by atoms with Crippen LogP contribution in [0.5, 0.6) is 0 Å². The molecular formula is C13H27N3O. The van der Waals surface area contributed by atoms with E-state index in [1.807, 2.05) is 0 Å². The van der Waals surface area contributed by atoms with E-state index in [9.17, 15) is 5.11 Å². The molecule has 2 aliphatic rings. The monoisotopic (exact) mass is 241 g/mol. The van der Waals surface area contributed by atoms with Crippen molar-refractivity contribution in [1.82, 2.24) is 15.1 Å². The summed E-state index contributed by atoms with van der Waals surface area (Å²) in [5, 5.41) is 12.7. The summed E-state index contributed by atoms with van der Waals surface area (Å²) in [6.07, 6.45) is 4.14. The number of nitrogens with one attached hydrogen (secondary N) is 1. The topological polar surface area (TPSA) is 38.7 Å². The number of nitrogens with zero attached hydrogens (tertiary/aromatic N) is 2. The summed E-state index contributed by atoms with van der Waals surface area (Å²) in [6, 6.07) is 1.02. The molecule has 0 aromatic rings. The van der Waals surface area contributed by atoms with E-state index in [2.05, 4.69) is 22.0 Å². The maximum absolute atomic E-state index is 9.32. The van der Waals surface area contributed by atoms with Crippen LogP contribution in [0.25, 0.3) is 0 Å². The third-order valence-electron chi connectivity index (χ3n) is 4.11. The number of likely N-dealkylation sites (N-methyl/N-ethyl adjacent to an activating group) is 1. The lowest BCUT2D eigenvalue weighted by Crippen LogP contribution is -2.57. The Balaban J connectivity index is 1.78. The summed E-state index contributed by atoms with van der Waals surface area (Å²) >= 11 is 0. The van der Waals surface area contributed by atoms with Gasteiger partial charge < -0.3 is 10.4 Å². The molecular weight excluding hydrogens is 214 g/mol. The summed E-state index contributed by atoms with van der Waals surface area (Å²) < 4.78 is 0. The maximum atomic E-state index is 9.32. The standard InChI is InChI=1S/C13H27N3O/c1-2-14-12(11-17)9-15-7-8-16-6-4-3-5-13(16)10-15/h12-14,17H,2-11H2,1H3. The van der Waals surface area contributed by atoms with E-state index in [1.165, 1.54) is 45.4 Å². The first-order valence-electron chi connectivity index (χ1n) is 7.14. The van der Waals surface area contributed by atoms with Crippen molar-refractivity contribution in [2.45, 2.75) is 38.3 Å². The van der Waals surface area contributed by atoms with E-state index in [4.69, 9.17) is 0 Å². The molecule has 2 fully saturated rings. The molecule has 2 rings (SSSR count). The molecule has 2 heterocycles. The summed E-state index contributed by atoms with van der Waals surface area (Å²) in [6.45, 7) is 9.16. The molecule has 0 amide bonds. The van der Waals surface area contributed by atoms with Gasteiger partial charge in [0.05, 0.1) is 6.61 Å². The minimum absolute atomic E-state index is 0.246. The Morgan fingerprint density at radius 3 is 2.94 bits per heavy atom. The Labute approximate surface area is 105 Å². The van der Waals surface area contributed by atoms with Crippen molar-refractivity contribution in [3.8, 4) is 0 Å². The van der Waals surface area contributed by atoms with Crippen LogP contribution in [0.3, 0.4) is 0 Å². The summed E-state index contributed by atoms with van der Waals surface area (Å²) in [5.74, 6) is 0. The van der Waals surface area contributed by atoms with Gasteiger partial charge in [0.1, 0.15) is 0 Å². The van der Waals surface area contributed by atoms with Crippen LogP contribution < -0.4 is 5.32 Å². The van der Waals surface area contributed by atoms with Gasteiger partial charge in [0.2, 0.25) is 0 Å². The number of rotatable bonds is 5. The second-order valence-corrected chi connectivity index (χ2v) is 5.38. The van der Waals surface area contributed by atoms with Gasteiger partial charge in [0.25, 0.3) is 0 Å². The van der Waals surface area contributed by atoms with Crippen molar-refractivity contribution in [2.75, 3.05) is 45.9 Å². The Bertz CT molecular complexity index is 223. The normalized spacial score (nSPS) is 28.9. The van der Waals surface area contributed by atoms with Crippen LogP contribution in [0.15, 0.2) is 0 Å². The van der Waals surface area contributed by atoms with Gasteiger partial charge in [-0.2, -0.15) is 0 Å². The molecule has 2 atom stereocenters. The fourth-order valence-corrected chi connectivity index (χ4v) is 3.17. The molecule has 0 bridgehead atoms. The Morgan fingerprint density at radius 2 is 2.18 bits per heavy atom. The number of hydrogen-bond acceptors (Lipinski definition) is 4. The number of hydrogen-bond donors (Lipinski definition) is 2. The first kappa shape index (κ1) is 13.3. The molecule has 0 spiro atoms. The van der Waals surface area contributed by atoms with Crippen molar-refractivity contribution in [3.63, 3.8) is 0 Å². The Kier molecular flexibility index (Phi) is 5.22. The molecule has 4 nitrogen and oxygen atoms in total. The molecule has 0 radical (unpaired) electrons. The first-order valence-corrected chi connectivity index (χ1v) is 7.14. The lowest BCUT2D eigenvalue weighted by atomic mass is 9.99. The third-order valence-corrected chi connectivity index (χ3v) is 4.11. The van der Waals surface area contributed by atoms with E-state index >= 15 is 0 Å². The number of fused-ring (bicyclic) bond motifs is 1. The van der Waals surface area contributed by atoms with Crippen molar-refractivity contribution < 1.29 is 5.11 Å². The van der Waals surface area contributed by atoms with Crippen LogP contribution in [0.1, 0.15) is 26.2 Å². The quantitative estimate of drug-likeness (QED) is 0.717. The molecule has 0 aromatic heterocycles. The second kappa shape index (κ2) is 6.69. The van der Waals surface area contributed by atoms with Crippen molar-refractivity contribution in [1.29, 1.82) is 0 Å². The van der Waals surface area contributed by atoms with Crippen LogP contribution in [0.4, 0.5) is 0 Å². The average Bonchev–Trinajstić information content (AvgIpc) is 2.38. The van der Waals surface area contributed by atoms with E-state index in [0.29, 0.717) is 0 Å². The molecule has 0 aromatic carbocycles. The molecule has 17 heavy (non-hydrogen) atoms. The van der Waals surface area contributed by atoms with Crippen LogP contribution in [0.2, 0.25) is 0 Å². The second-order valence-electron chi connectivity index (χ2n) is 5.38. The smallest absolute Gasteiger partial charge is 0.0597 e. The van der Waals surface area contributed by atoms with Gasteiger partial charge in [-0.25, -0.2) is 0 Å². The van der Waals surface area contributed by atoms with Crippen molar-refractivity contribution in [2.24, 2.45) is 0 Å². The highest BCUT2D eigenvalue weighted by atomic mass is 16.3. The SMILES string of the molecule is CCNC(CO)CN1CCN2CCCCC2C1. The predicted octanol–water partition coefficient (Wildman–Crippen LogP) is 0.127. The molecule has 2 saturated heterocycles. The lowest BCUT2D eigenvalue weighted by molar-refractivity contribution is 0.0408. The fourth-order valence-electron chi connectivity index (χ4n) is 3.17. The Morgan fingerprint density at radius 1 is 1.29 bits per heavy atom. The predicted molar refractivity (Wildman–Crippen MR) is 70.2 cm³/mol. The summed E-state index contributed by atoms with van der Waals surface area (Å²) in [7, 11) is 0. The van der Waals surface area contributed by atoms with E-state index in [1.54, 1.807) is 0 Å². The fraction of sp³-hybridized carbons (Fsp3) is 1.00. The summed E-state index contributed by atoms with van der Waals surface area (Å²) in [5.41, 5.74) is 0. The molecule has 0 saturated carbocycles. The van der Waals surface area contributed by atoms with E-state index in [0.717, 1.165) is 19.1 Å². The zero-order valence-corrected chi connectivity index (χ0v) is 11.1. The van der Waals surface area contributed by atoms with Crippen LogP contribution in [-0.4, -0.2) is 72.9 Å². The minimum atomic E-state index is 0.246. The highest BCUT2D eigenvalue weighted by Gasteiger charge is 2.29. The molecule has 2 unspecified atom stereocenters. The van der Waals surface area contributed by atoms with E-state index in [-0.39, 0.29) is 12.6 Å². The van der Waals surface area contributed by atoms with Gasteiger partial charge in [0, 0.05) is 38.3 Å². The number of piperazine rings is 1. The van der Waals surface area contributed by atoms with Gasteiger partial charge in [-0.15, -0.1) is 0 Å². The zero-order valence-electron chi connectivity index (χ0n) is 11.1. The minimum Gasteiger partial charge on any atom is -0.395 e. The van der Waals surface area contributed by atoms with Gasteiger partial charge >= 0.3 is 0 Å². The maximum Gasteiger partial charge on any atom is 0.0597 e. The zero-order chi connectivity index (χ0) is 12.1. The summed E-state index contributed by atoms with van der Waals surface area (Å²) in [4.78, 5) is 5.18. The van der Waals surface area contributed by atoms with Gasteiger partial charge in [-0.1, -0.05) is 13.3 Å². The average molecular weight is 241 g/mol. The largest absolute Gasteiger partial charge is 0.395 e. The van der Waals surface area contributed by atoms with Crippen LogP contribution in [-0.2, 0) is 0 Å². The molecule has 0 aliphatic carbocycles. The highest BCUT2D eigenvalue weighted by Crippen LogP contribution is 2.20. The molecule has 100 valence electrons. The highest BCUT2D eigenvalue weighted by molar-refractivity contribution is 4.86. The van der Waals surface area contributed by atoms with Gasteiger partial charge in [-0.3, -0.25) is 9.80 Å². The third kappa shape index (κ3) is 3.65. The van der Waals surface area contributed by atoms with Gasteiger partial charge in [-0.05, 0) is 25.9 Å². The number of aliphatic hydroxyl groups excluding tert-OH is 1. The van der Waals surface area contributed by atoms with Crippen molar-refractivity contribution >= 4 is 0 Å². The number of piperidine rings is 1. The Hall–Kier alpha value is -0.160. The van der Waals surface area contributed by atoms with Crippen LogP contribution in [0, 0.1) is 0 Å². The molecule has 2 aliphatic heterocycles.